The fourth-order valence-electron chi connectivity index (χ4n) is 5.26. The van der Waals surface area contributed by atoms with Crippen LogP contribution in [-0.4, -0.2) is 54.4 Å². The Kier molecular flexibility index (Phi) is 5.84. The third-order valence-electron chi connectivity index (χ3n) is 6.68. The maximum Gasteiger partial charge on any atom is 0.319 e. The van der Waals surface area contributed by atoms with Gasteiger partial charge in [0.25, 0.3) is 0 Å². The molecule has 2 aliphatic rings. The van der Waals surface area contributed by atoms with Gasteiger partial charge in [0.05, 0.1) is 26.9 Å². The second-order valence-electron chi connectivity index (χ2n) is 8.44. The molecule has 7 heteroatoms. The molecule has 1 saturated heterocycles. The van der Waals surface area contributed by atoms with E-state index in [1.165, 1.54) is 18.2 Å². The highest BCUT2D eigenvalue weighted by Crippen LogP contribution is 2.51. The second kappa shape index (κ2) is 8.40. The van der Waals surface area contributed by atoms with E-state index in [1.54, 1.807) is 20.4 Å². The first-order valence-electron chi connectivity index (χ1n) is 10.5. The minimum atomic E-state index is -0.997. The molecule has 162 valence electrons. The van der Waals surface area contributed by atoms with Gasteiger partial charge >= 0.3 is 6.01 Å². The van der Waals surface area contributed by atoms with Gasteiger partial charge in [-0.1, -0.05) is 24.1 Å². The van der Waals surface area contributed by atoms with Crippen molar-refractivity contribution in [1.29, 1.82) is 0 Å². The number of hydrogen-bond acceptors (Lipinski definition) is 7. The molecule has 2 aromatic rings. The zero-order valence-corrected chi connectivity index (χ0v) is 18.2. The summed E-state index contributed by atoms with van der Waals surface area (Å²) in [7, 11) is 4.81. The summed E-state index contributed by atoms with van der Waals surface area (Å²) < 4.78 is 16.2. The van der Waals surface area contributed by atoms with Crippen LogP contribution in [0.15, 0.2) is 24.4 Å². The highest BCUT2D eigenvalue weighted by molar-refractivity contribution is 5.37. The van der Waals surface area contributed by atoms with Gasteiger partial charge in [-0.3, -0.25) is 4.90 Å². The lowest BCUT2D eigenvalue weighted by Crippen LogP contribution is -2.58. The van der Waals surface area contributed by atoms with Crippen molar-refractivity contribution in [2.45, 2.75) is 38.3 Å². The minimum absolute atomic E-state index is 0.0895. The number of benzene rings is 1. The molecule has 0 unspecified atom stereocenters. The fourth-order valence-corrected chi connectivity index (χ4v) is 5.26. The van der Waals surface area contributed by atoms with Crippen LogP contribution in [0.5, 0.6) is 17.6 Å². The Morgan fingerprint density at radius 2 is 1.83 bits per heavy atom. The maximum absolute atomic E-state index is 12.0. The number of piperidine rings is 1. The summed E-state index contributed by atoms with van der Waals surface area (Å²) >= 11 is 0. The number of fused-ring (bicyclic) bond motifs is 2. The standard InChI is InChI=1S/C23H31N3O4/c1-15-8-9-20(28-2)16(10-15)12-26-13-17-6-5-7-18(14-26)23(17,27)19-11-24-22(30-4)25-21(19)29-3/h8-11,17-18,27H,5-7,12-14H2,1-4H3/t17-,18-/m1/s1. The van der Waals surface area contributed by atoms with Gasteiger partial charge in [-0.2, -0.15) is 4.98 Å². The largest absolute Gasteiger partial charge is 0.496 e. The Balaban J connectivity index is 1.62. The van der Waals surface area contributed by atoms with Gasteiger partial charge in [0.2, 0.25) is 5.88 Å². The number of likely N-dealkylation sites (tertiary alicyclic amines) is 1. The normalized spacial score (nSPS) is 26.3. The molecular weight excluding hydrogens is 382 g/mol. The number of aliphatic hydroxyl groups is 1. The first kappa shape index (κ1) is 20.9. The molecule has 4 rings (SSSR count). The van der Waals surface area contributed by atoms with Crippen LogP contribution >= 0.6 is 0 Å². The van der Waals surface area contributed by atoms with Gasteiger partial charge in [-0.15, -0.1) is 0 Å². The molecule has 2 fully saturated rings. The predicted molar refractivity (Wildman–Crippen MR) is 113 cm³/mol. The smallest absolute Gasteiger partial charge is 0.319 e. The average molecular weight is 414 g/mol. The first-order chi connectivity index (χ1) is 14.5. The van der Waals surface area contributed by atoms with Gasteiger partial charge in [0.1, 0.15) is 11.4 Å². The van der Waals surface area contributed by atoms with E-state index in [1.807, 2.05) is 6.07 Å². The summed E-state index contributed by atoms with van der Waals surface area (Å²) in [5.74, 6) is 1.49. The van der Waals surface area contributed by atoms with Gasteiger partial charge in [0.15, 0.2) is 0 Å². The van der Waals surface area contributed by atoms with Gasteiger partial charge in [-0.05, 0) is 25.8 Å². The summed E-state index contributed by atoms with van der Waals surface area (Å²) in [6.45, 7) is 4.52. The summed E-state index contributed by atoms with van der Waals surface area (Å²) in [6.07, 6.45) is 4.72. The van der Waals surface area contributed by atoms with Crippen molar-refractivity contribution >= 4 is 0 Å². The molecular formula is C23H31N3O4. The maximum atomic E-state index is 12.0. The summed E-state index contributed by atoms with van der Waals surface area (Å²) in [5.41, 5.74) is 2.09. The number of rotatable bonds is 6. The van der Waals surface area contributed by atoms with Gasteiger partial charge in [-0.25, -0.2) is 4.98 Å². The Labute approximate surface area is 178 Å². The molecule has 1 aromatic carbocycles. The second-order valence-corrected chi connectivity index (χ2v) is 8.44. The molecule has 0 radical (unpaired) electrons. The quantitative estimate of drug-likeness (QED) is 0.780. The molecule has 2 atom stereocenters. The van der Waals surface area contributed by atoms with Crippen LogP contribution in [0.2, 0.25) is 0 Å². The lowest BCUT2D eigenvalue weighted by molar-refractivity contribution is -0.149. The van der Waals surface area contributed by atoms with Gasteiger partial charge < -0.3 is 19.3 Å². The Morgan fingerprint density at radius 1 is 1.10 bits per heavy atom. The Morgan fingerprint density at radius 3 is 2.47 bits per heavy atom. The lowest BCUT2D eigenvalue weighted by Gasteiger charge is -2.53. The van der Waals surface area contributed by atoms with Crippen LogP contribution in [0.4, 0.5) is 0 Å². The van der Waals surface area contributed by atoms with E-state index in [4.69, 9.17) is 14.2 Å². The molecule has 1 saturated carbocycles. The number of aryl methyl sites for hydroxylation is 1. The van der Waals surface area contributed by atoms with E-state index in [-0.39, 0.29) is 17.8 Å². The van der Waals surface area contributed by atoms with E-state index in [2.05, 4.69) is 33.9 Å². The molecule has 1 aliphatic carbocycles. The summed E-state index contributed by atoms with van der Waals surface area (Å²) in [4.78, 5) is 11.0. The van der Waals surface area contributed by atoms with E-state index in [0.29, 0.717) is 11.4 Å². The molecule has 30 heavy (non-hydrogen) atoms. The van der Waals surface area contributed by atoms with E-state index in [9.17, 15) is 5.11 Å². The molecule has 1 aliphatic heterocycles. The van der Waals surface area contributed by atoms with E-state index < -0.39 is 5.60 Å². The van der Waals surface area contributed by atoms with Crippen molar-refractivity contribution in [3.63, 3.8) is 0 Å². The third-order valence-corrected chi connectivity index (χ3v) is 6.68. The molecule has 1 N–H and O–H groups in total. The SMILES string of the molecule is COc1ncc(C2(O)[C@@H]3CCC[C@@H]2CN(Cc2cc(C)ccc2OC)C3)c(OC)n1. The summed E-state index contributed by atoms with van der Waals surface area (Å²) in [5, 5.41) is 12.0. The van der Waals surface area contributed by atoms with Crippen LogP contribution < -0.4 is 14.2 Å². The average Bonchev–Trinajstić information content (AvgIpc) is 2.74. The molecule has 2 bridgehead atoms. The van der Waals surface area contributed by atoms with Crippen molar-refractivity contribution < 1.29 is 19.3 Å². The highest BCUT2D eigenvalue weighted by atomic mass is 16.5. The van der Waals surface area contributed by atoms with Crippen molar-refractivity contribution in [2.75, 3.05) is 34.4 Å². The number of ether oxygens (including phenoxy) is 3. The first-order valence-corrected chi connectivity index (χ1v) is 10.5. The molecule has 1 aromatic heterocycles. The third kappa shape index (κ3) is 3.61. The van der Waals surface area contributed by atoms with Crippen LogP contribution in [0.1, 0.15) is 36.0 Å². The fraction of sp³-hybridized carbons (Fsp3) is 0.565. The van der Waals surface area contributed by atoms with E-state index in [0.717, 1.165) is 44.6 Å². The van der Waals surface area contributed by atoms with Gasteiger partial charge in [0, 0.05) is 43.2 Å². The summed E-state index contributed by atoms with van der Waals surface area (Å²) in [6, 6.07) is 6.54. The van der Waals surface area contributed by atoms with Crippen molar-refractivity contribution in [3.05, 3.63) is 41.1 Å². The minimum Gasteiger partial charge on any atom is -0.496 e. The van der Waals surface area contributed by atoms with Crippen LogP contribution in [0.3, 0.4) is 0 Å². The number of aromatic nitrogens is 2. The Hall–Kier alpha value is -2.38. The number of nitrogens with zero attached hydrogens (tertiary/aromatic N) is 3. The number of methoxy groups -OCH3 is 3. The molecule has 0 spiro atoms. The monoisotopic (exact) mass is 413 g/mol. The Bertz CT molecular complexity index is 890. The van der Waals surface area contributed by atoms with Crippen LogP contribution in [-0.2, 0) is 12.1 Å². The van der Waals surface area contributed by atoms with Crippen molar-refractivity contribution in [1.82, 2.24) is 14.9 Å². The van der Waals surface area contributed by atoms with Crippen molar-refractivity contribution in [2.24, 2.45) is 11.8 Å². The van der Waals surface area contributed by atoms with E-state index >= 15 is 0 Å². The zero-order valence-electron chi connectivity index (χ0n) is 18.2. The topological polar surface area (TPSA) is 76.9 Å². The molecule has 2 heterocycles. The highest BCUT2D eigenvalue weighted by Gasteiger charge is 2.53. The number of hydrogen-bond donors (Lipinski definition) is 1. The van der Waals surface area contributed by atoms with Crippen LogP contribution in [0, 0.1) is 18.8 Å². The lowest BCUT2D eigenvalue weighted by atomic mass is 9.63. The predicted octanol–water partition coefficient (Wildman–Crippen LogP) is 2.93. The zero-order chi connectivity index (χ0) is 21.3. The molecule has 0 amide bonds. The van der Waals surface area contributed by atoms with Crippen LogP contribution in [0.25, 0.3) is 0 Å². The molecule has 7 nitrogen and oxygen atoms in total. The van der Waals surface area contributed by atoms with Crippen molar-refractivity contribution in [3.8, 4) is 17.6 Å².